The van der Waals surface area contributed by atoms with Gasteiger partial charge in [0.15, 0.2) is 0 Å². The van der Waals surface area contributed by atoms with E-state index in [4.69, 9.17) is 9.47 Å². The molecule has 0 atom stereocenters. The van der Waals surface area contributed by atoms with Crippen LogP contribution in [0, 0.1) is 0 Å². The Morgan fingerprint density at radius 3 is 1.59 bits per heavy atom. The average Bonchev–Trinajstić information content (AvgIpc) is 3.13. The summed E-state index contributed by atoms with van der Waals surface area (Å²) in [6.07, 6.45) is 2.42. The molecule has 0 bridgehead atoms. The van der Waals surface area contributed by atoms with Crippen molar-refractivity contribution in [3.63, 3.8) is 0 Å². The van der Waals surface area contributed by atoms with E-state index >= 15 is 0 Å². The lowest BCUT2D eigenvalue weighted by molar-refractivity contribution is -0.137. The van der Waals surface area contributed by atoms with Gasteiger partial charge in [0.2, 0.25) is 0 Å². The van der Waals surface area contributed by atoms with E-state index in [-0.39, 0.29) is 19.0 Å². The maximum Gasteiger partial charge on any atom is 0.330 e. The van der Waals surface area contributed by atoms with Gasteiger partial charge >= 0.3 is 11.9 Å². The molecule has 5 aromatic carbocycles. The minimum absolute atomic E-state index is 0.214. The Balaban J connectivity index is 1.15. The molecular weight excluding hydrogens is 618 g/mol. The van der Waals surface area contributed by atoms with Crippen molar-refractivity contribution >= 4 is 62.5 Å². The second kappa shape index (κ2) is 17.0. The fourth-order valence-electron chi connectivity index (χ4n) is 4.55. The largest absolute Gasteiger partial charge is 0.463 e. The molecule has 0 aliphatic carbocycles. The van der Waals surface area contributed by atoms with Crippen LogP contribution in [0.2, 0.25) is 0 Å². The molecule has 0 amide bonds. The van der Waals surface area contributed by atoms with Crippen molar-refractivity contribution in [3.05, 3.63) is 122 Å². The third kappa shape index (κ3) is 10.1. The van der Waals surface area contributed by atoms with E-state index < -0.39 is 5.97 Å². The van der Waals surface area contributed by atoms with Crippen molar-refractivity contribution in [1.29, 1.82) is 0 Å². The fraction of sp³-hybridized carbons (Fsp3) is 0.158. The summed E-state index contributed by atoms with van der Waals surface area (Å²) in [5.74, 6) is -0.430. The SMILES string of the molecule is C=CC(=O)OCCCCC(=O)Oc1ccc(N=Nc2ccc(N=Nc3ccc(N=Nc4ccc(N(C)C)cc4)c4ccccc34)cc2)cc1. The smallest absolute Gasteiger partial charge is 0.330 e. The topological polar surface area (TPSA) is 130 Å². The summed E-state index contributed by atoms with van der Waals surface area (Å²) in [4.78, 5) is 25.1. The molecule has 0 saturated heterocycles. The highest BCUT2D eigenvalue weighted by Crippen LogP contribution is 2.35. The van der Waals surface area contributed by atoms with Gasteiger partial charge in [0.05, 0.1) is 40.7 Å². The van der Waals surface area contributed by atoms with Gasteiger partial charge in [0.1, 0.15) is 5.75 Å². The summed E-state index contributed by atoms with van der Waals surface area (Å²) in [7, 11) is 3.99. The highest BCUT2D eigenvalue weighted by molar-refractivity contribution is 5.99. The van der Waals surface area contributed by atoms with Crippen LogP contribution in [-0.4, -0.2) is 32.6 Å². The molecule has 49 heavy (non-hydrogen) atoms. The monoisotopic (exact) mass is 653 g/mol. The van der Waals surface area contributed by atoms with Crippen LogP contribution in [0.3, 0.4) is 0 Å². The van der Waals surface area contributed by atoms with Gasteiger partial charge in [0.25, 0.3) is 0 Å². The molecule has 246 valence electrons. The molecule has 0 radical (unpaired) electrons. The molecule has 11 heteroatoms. The van der Waals surface area contributed by atoms with Gasteiger partial charge in [-0.1, -0.05) is 30.8 Å². The normalized spacial score (nSPS) is 11.4. The second-order valence-corrected chi connectivity index (χ2v) is 11.0. The third-order valence-electron chi connectivity index (χ3n) is 7.18. The van der Waals surface area contributed by atoms with E-state index in [1.54, 1.807) is 36.4 Å². The summed E-state index contributed by atoms with van der Waals surface area (Å²) in [5, 5.41) is 28.3. The first-order valence-corrected chi connectivity index (χ1v) is 15.6. The minimum atomic E-state index is -0.477. The van der Waals surface area contributed by atoms with Crippen LogP contribution < -0.4 is 9.64 Å². The number of nitrogens with zero attached hydrogens (tertiary/aromatic N) is 7. The Bertz CT molecular complexity index is 1990. The van der Waals surface area contributed by atoms with Gasteiger partial charge in [-0.25, -0.2) is 4.79 Å². The van der Waals surface area contributed by atoms with Gasteiger partial charge in [-0.2, -0.15) is 20.5 Å². The van der Waals surface area contributed by atoms with Gasteiger partial charge in [-0.3, -0.25) is 4.79 Å². The Morgan fingerprint density at radius 2 is 1.10 bits per heavy atom. The Kier molecular flexibility index (Phi) is 11.8. The molecule has 5 aromatic rings. The van der Waals surface area contributed by atoms with Gasteiger partial charge in [-0.15, -0.1) is 10.2 Å². The number of ether oxygens (including phenoxy) is 2. The summed E-state index contributed by atoms with van der Waals surface area (Å²) in [5.41, 5.74) is 5.24. The molecule has 0 aromatic heterocycles. The zero-order valence-corrected chi connectivity index (χ0v) is 27.3. The maximum atomic E-state index is 12.1. The minimum Gasteiger partial charge on any atom is -0.463 e. The Labute approximate surface area is 284 Å². The Hall–Kier alpha value is -6.36. The lowest BCUT2D eigenvalue weighted by atomic mass is 10.1. The average molecular weight is 654 g/mol. The molecule has 0 aliphatic rings. The number of unbranched alkanes of at least 4 members (excludes halogenated alkanes) is 1. The van der Waals surface area contributed by atoms with Crippen LogP contribution in [-0.2, 0) is 14.3 Å². The van der Waals surface area contributed by atoms with Crippen molar-refractivity contribution in [2.24, 2.45) is 30.7 Å². The molecule has 0 saturated carbocycles. The van der Waals surface area contributed by atoms with Gasteiger partial charge < -0.3 is 14.4 Å². The van der Waals surface area contributed by atoms with Gasteiger partial charge in [-0.05, 0) is 97.8 Å². The van der Waals surface area contributed by atoms with Crippen LogP contribution in [0.15, 0.2) is 153 Å². The molecule has 5 rings (SSSR count). The first-order valence-electron chi connectivity index (χ1n) is 15.6. The number of hydrogen-bond acceptors (Lipinski definition) is 11. The highest BCUT2D eigenvalue weighted by Gasteiger charge is 2.07. The van der Waals surface area contributed by atoms with Crippen molar-refractivity contribution in [2.45, 2.75) is 19.3 Å². The number of benzene rings is 5. The van der Waals surface area contributed by atoms with E-state index in [2.05, 4.69) is 37.3 Å². The van der Waals surface area contributed by atoms with E-state index in [0.29, 0.717) is 41.3 Å². The van der Waals surface area contributed by atoms with Gasteiger partial charge in [0, 0.05) is 43.1 Å². The molecule has 0 spiro atoms. The van der Waals surface area contributed by atoms with Crippen LogP contribution in [0.25, 0.3) is 10.8 Å². The third-order valence-corrected chi connectivity index (χ3v) is 7.18. The number of anilines is 1. The van der Waals surface area contributed by atoms with Crippen LogP contribution in [0.5, 0.6) is 5.75 Å². The summed E-state index contributed by atoms with van der Waals surface area (Å²) >= 11 is 0. The predicted molar refractivity (Wildman–Crippen MR) is 191 cm³/mol. The molecular formula is C38H35N7O4. The van der Waals surface area contributed by atoms with E-state index in [1.807, 2.05) is 91.8 Å². The van der Waals surface area contributed by atoms with Crippen LogP contribution in [0.1, 0.15) is 19.3 Å². The van der Waals surface area contributed by atoms with E-state index in [1.165, 1.54) is 0 Å². The van der Waals surface area contributed by atoms with Crippen molar-refractivity contribution in [3.8, 4) is 5.75 Å². The number of hydrogen-bond donors (Lipinski definition) is 0. The first-order chi connectivity index (χ1) is 23.9. The zero-order valence-electron chi connectivity index (χ0n) is 27.3. The van der Waals surface area contributed by atoms with Crippen LogP contribution >= 0.6 is 0 Å². The predicted octanol–water partition coefficient (Wildman–Crippen LogP) is 11.0. The number of azo groups is 3. The molecule has 0 heterocycles. The molecule has 0 aliphatic heterocycles. The Morgan fingerprint density at radius 1 is 0.633 bits per heavy atom. The standard InChI is InChI=1S/C38H35N7O4/c1-4-37(46)48-26-8-7-11-38(47)49-32-22-18-30(19-23-32)40-39-27-12-14-28(15-13-27)41-43-35-24-25-36(34-10-6-5-9-33(34)35)44-42-29-16-20-31(21-17-29)45(2)3/h4-6,9-10,12-25H,1,7-8,11,26H2,2-3H3. The fourth-order valence-corrected chi connectivity index (χ4v) is 4.55. The maximum absolute atomic E-state index is 12.1. The summed E-state index contributed by atoms with van der Waals surface area (Å²) in [6.45, 7) is 3.57. The molecule has 11 nitrogen and oxygen atoms in total. The summed E-state index contributed by atoms with van der Waals surface area (Å²) < 4.78 is 10.2. The number of esters is 2. The lowest BCUT2D eigenvalue weighted by Gasteiger charge is -2.11. The lowest BCUT2D eigenvalue weighted by Crippen LogP contribution is -2.08. The number of rotatable bonds is 14. The van der Waals surface area contributed by atoms with E-state index in [9.17, 15) is 9.59 Å². The van der Waals surface area contributed by atoms with Crippen molar-refractivity contribution in [2.75, 3.05) is 25.6 Å². The van der Waals surface area contributed by atoms with Crippen molar-refractivity contribution in [1.82, 2.24) is 0 Å². The summed E-state index contributed by atoms with van der Waals surface area (Å²) in [6, 6.07) is 33.6. The molecule has 0 unspecified atom stereocenters. The number of carbonyl (C=O) groups excluding carboxylic acids is 2. The molecule has 0 N–H and O–H groups in total. The zero-order chi connectivity index (χ0) is 34.4. The quantitative estimate of drug-likeness (QED) is 0.0387. The second-order valence-electron chi connectivity index (χ2n) is 11.0. The van der Waals surface area contributed by atoms with Crippen LogP contribution in [0.4, 0.5) is 39.8 Å². The van der Waals surface area contributed by atoms with E-state index in [0.717, 1.165) is 33.9 Å². The molecule has 0 fully saturated rings. The van der Waals surface area contributed by atoms with Crippen molar-refractivity contribution < 1.29 is 19.1 Å². The number of carbonyl (C=O) groups is 2. The number of fused-ring (bicyclic) bond motifs is 1. The highest BCUT2D eigenvalue weighted by atomic mass is 16.5. The first kappa shape index (κ1) is 34.0.